The summed E-state index contributed by atoms with van der Waals surface area (Å²) in [6.07, 6.45) is 3.34. The summed E-state index contributed by atoms with van der Waals surface area (Å²) in [5, 5.41) is 0.126. The van der Waals surface area contributed by atoms with Crippen LogP contribution in [0.3, 0.4) is 0 Å². The Bertz CT molecular complexity index is 1290. The number of nitrogens with zero attached hydrogens (tertiary/aromatic N) is 2. The molecule has 0 spiro atoms. The van der Waals surface area contributed by atoms with Crippen LogP contribution >= 0.6 is 0 Å². The smallest absolute Gasteiger partial charge is 0.291 e. The maximum atomic E-state index is 13.8. The molecule has 1 amide bonds. The molecule has 0 fully saturated rings. The third-order valence-electron chi connectivity index (χ3n) is 5.12. The SMILES string of the molecule is O=C1c2oc3ccc(F)cc3c(=O)c2[C@@H](c2ccccc2)N1Cc1cccnc1. The molecule has 2 aromatic carbocycles. The molecule has 3 heterocycles. The van der Waals surface area contributed by atoms with Crippen LogP contribution in [0.15, 0.2) is 82.3 Å². The second-order valence-corrected chi connectivity index (χ2v) is 6.92. The Morgan fingerprint density at radius 2 is 1.86 bits per heavy atom. The summed E-state index contributed by atoms with van der Waals surface area (Å²) in [5.41, 5.74) is 1.66. The van der Waals surface area contributed by atoms with Crippen LogP contribution in [0.2, 0.25) is 0 Å². The summed E-state index contributed by atoms with van der Waals surface area (Å²) >= 11 is 0. The first kappa shape index (κ1) is 17.3. The van der Waals surface area contributed by atoms with E-state index in [-0.39, 0.29) is 34.7 Å². The van der Waals surface area contributed by atoms with E-state index in [1.165, 1.54) is 12.1 Å². The Balaban J connectivity index is 1.74. The Morgan fingerprint density at radius 1 is 1.03 bits per heavy atom. The number of rotatable bonds is 3. The molecule has 0 bridgehead atoms. The van der Waals surface area contributed by atoms with Crippen molar-refractivity contribution in [3.63, 3.8) is 0 Å². The molecular weight excluding hydrogens is 371 g/mol. The molecule has 6 heteroatoms. The van der Waals surface area contributed by atoms with E-state index in [1.54, 1.807) is 23.4 Å². The summed E-state index contributed by atoms with van der Waals surface area (Å²) in [7, 11) is 0. The molecule has 0 N–H and O–H groups in total. The van der Waals surface area contributed by atoms with Gasteiger partial charge >= 0.3 is 0 Å². The van der Waals surface area contributed by atoms with Crippen LogP contribution in [0, 0.1) is 5.82 Å². The van der Waals surface area contributed by atoms with Crippen LogP contribution in [0.25, 0.3) is 11.0 Å². The van der Waals surface area contributed by atoms with Gasteiger partial charge in [0.25, 0.3) is 5.91 Å². The highest BCUT2D eigenvalue weighted by molar-refractivity contribution is 5.99. The molecule has 0 saturated heterocycles. The van der Waals surface area contributed by atoms with Gasteiger partial charge in [-0.25, -0.2) is 4.39 Å². The van der Waals surface area contributed by atoms with E-state index in [1.807, 2.05) is 36.4 Å². The number of hydrogen-bond donors (Lipinski definition) is 0. The van der Waals surface area contributed by atoms with Crippen molar-refractivity contribution in [3.05, 3.63) is 112 Å². The van der Waals surface area contributed by atoms with Gasteiger partial charge in [0.05, 0.1) is 17.0 Å². The Labute approximate surface area is 165 Å². The predicted molar refractivity (Wildman–Crippen MR) is 105 cm³/mol. The zero-order valence-corrected chi connectivity index (χ0v) is 15.2. The van der Waals surface area contributed by atoms with Crippen LogP contribution in [0.5, 0.6) is 0 Å². The van der Waals surface area contributed by atoms with Crippen molar-refractivity contribution in [1.29, 1.82) is 0 Å². The lowest BCUT2D eigenvalue weighted by Crippen LogP contribution is -2.29. The summed E-state index contributed by atoms with van der Waals surface area (Å²) in [4.78, 5) is 32.2. The van der Waals surface area contributed by atoms with Crippen molar-refractivity contribution < 1.29 is 13.6 Å². The Hall–Kier alpha value is -3.80. The monoisotopic (exact) mass is 386 g/mol. The van der Waals surface area contributed by atoms with Crippen LogP contribution in [-0.2, 0) is 6.54 Å². The normalized spacial score (nSPS) is 15.7. The second kappa shape index (κ2) is 6.67. The number of pyridine rings is 1. The predicted octanol–water partition coefficient (Wildman–Crippen LogP) is 4.07. The first-order chi connectivity index (χ1) is 14.1. The summed E-state index contributed by atoms with van der Waals surface area (Å²) in [5.74, 6) is -0.898. The van der Waals surface area contributed by atoms with Crippen LogP contribution in [-0.4, -0.2) is 15.8 Å². The zero-order chi connectivity index (χ0) is 20.0. The fourth-order valence-corrected chi connectivity index (χ4v) is 3.83. The van der Waals surface area contributed by atoms with Gasteiger partial charge in [-0.3, -0.25) is 14.6 Å². The number of fused-ring (bicyclic) bond motifs is 2. The molecule has 2 aromatic heterocycles. The molecule has 29 heavy (non-hydrogen) atoms. The van der Waals surface area contributed by atoms with E-state index in [2.05, 4.69) is 4.98 Å². The molecular formula is C23H15FN2O3. The van der Waals surface area contributed by atoms with E-state index >= 15 is 0 Å². The van der Waals surface area contributed by atoms with Gasteiger partial charge in [-0.15, -0.1) is 0 Å². The lowest BCUT2D eigenvalue weighted by molar-refractivity contribution is 0.0714. The van der Waals surface area contributed by atoms with Crippen molar-refractivity contribution >= 4 is 16.9 Å². The molecule has 0 radical (unpaired) electrons. The summed E-state index contributed by atoms with van der Waals surface area (Å²) in [6.45, 7) is 0.264. The van der Waals surface area contributed by atoms with Crippen LogP contribution < -0.4 is 5.43 Å². The van der Waals surface area contributed by atoms with Crippen molar-refractivity contribution in [2.75, 3.05) is 0 Å². The highest BCUT2D eigenvalue weighted by Gasteiger charge is 2.42. The Morgan fingerprint density at radius 3 is 2.62 bits per heavy atom. The second-order valence-electron chi connectivity index (χ2n) is 6.92. The molecule has 142 valence electrons. The maximum absolute atomic E-state index is 13.8. The third-order valence-corrected chi connectivity index (χ3v) is 5.12. The van der Waals surface area contributed by atoms with Gasteiger partial charge in [-0.05, 0) is 35.4 Å². The lowest BCUT2D eigenvalue weighted by atomic mass is 9.98. The molecule has 4 aromatic rings. The molecule has 5 nitrogen and oxygen atoms in total. The van der Waals surface area contributed by atoms with Crippen molar-refractivity contribution in [1.82, 2.24) is 9.88 Å². The van der Waals surface area contributed by atoms with E-state index in [0.29, 0.717) is 0 Å². The first-order valence-corrected chi connectivity index (χ1v) is 9.14. The van der Waals surface area contributed by atoms with E-state index in [4.69, 9.17) is 4.42 Å². The van der Waals surface area contributed by atoms with Crippen molar-refractivity contribution in [2.45, 2.75) is 12.6 Å². The van der Waals surface area contributed by atoms with Crippen LogP contribution in [0.4, 0.5) is 4.39 Å². The number of carbonyl (C=O) groups is 1. The topological polar surface area (TPSA) is 63.4 Å². The molecule has 5 rings (SSSR count). The standard InChI is InChI=1S/C23H15FN2O3/c24-16-8-9-18-17(11-16)21(27)19-20(15-6-2-1-3-7-15)26(23(28)22(19)29-18)13-14-5-4-10-25-12-14/h1-12,20H,13H2/t20-/m1/s1. The maximum Gasteiger partial charge on any atom is 0.291 e. The van der Waals surface area contributed by atoms with Gasteiger partial charge < -0.3 is 9.32 Å². The first-order valence-electron chi connectivity index (χ1n) is 9.14. The number of benzene rings is 2. The van der Waals surface area contributed by atoms with E-state index < -0.39 is 17.3 Å². The third kappa shape index (κ3) is 2.81. The van der Waals surface area contributed by atoms with Crippen molar-refractivity contribution in [2.24, 2.45) is 0 Å². The zero-order valence-electron chi connectivity index (χ0n) is 15.2. The number of hydrogen-bond acceptors (Lipinski definition) is 4. The minimum atomic E-state index is -0.622. The highest BCUT2D eigenvalue weighted by atomic mass is 19.1. The fraction of sp³-hybridized carbons (Fsp3) is 0.0870. The average molecular weight is 386 g/mol. The summed E-state index contributed by atoms with van der Waals surface area (Å²) in [6, 6.07) is 16.1. The fourth-order valence-electron chi connectivity index (χ4n) is 3.83. The summed E-state index contributed by atoms with van der Waals surface area (Å²) < 4.78 is 19.6. The molecule has 0 saturated carbocycles. The number of amides is 1. The van der Waals surface area contributed by atoms with Gasteiger partial charge in [0.15, 0.2) is 5.43 Å². The molecule has 0 aliphatic carbocycles. The van der Waals surface area contributed by atoms with Gasteiger partial charge in [0.2, 0.25) is 5.76 Å². The van der Waals surface area contributed by atoms with Crippen LogP contribution in [0.1, 0.15) is 33.3 Å². The number of aromatic nitrogens is 1. The minimum absolute atomic E-state index is 0.00634. The quantitative estimate of drug-likeness (QED) is 0.532. The molecule has 1 aliphatic rings. The average Bonchev–Trinajstić information content (AvgIpc) is 3.02. The van der Waals surface area contributed by atoms with Gasteiger partial charge in [0.1, 0.15) is 11.4 Å². The Kier molecular flexibility index (Phi) is 3.98. The number of carbonyl (C=O) groups excluding carboxylic acids is 1. The molecule has 1 aliphatic heterocycles. The largest absolute Gasteiger partial charge is 0.450 e. The van der Waals surface area contributed by atoms with Gasteiger partial charge in [-0.1, -0.05) is 36.4 Å². The van der Waals surface area contributed by atoms with Gasteiger partial charge in [0, 0.05) is 18.9 Å². The van der Waals surface area contributed by atoms with Crippen molar-refractivity contribution in [3.8, 4) is 0 Å². The molecule has 0 unspecified atom stereocenters. The molecule has 1 atom stereocenters. The van der Waals surface area contributed by atoms with Gasteiger partial charge in [-0.2, -0.15) is 0 Å². The van der Waals surface area contributed by atoms with E-state index in [0.717, 1.165) is 17.2 Å². The van der Waals surface area contributed by atoms with E-state index in [9.17, 15) is 14.0 Å². The lowest BCUT2D eigenvalue weighted by Gasteiger charge is -2.25. The number of halogens is 1. The minimum Gasteiger partial charge on any atom is -0.450 e. The highest BCUT2D eigenvalue weighted by Crippen LogP contribution is 2.38.